The second-order valence-electron chi connectivity index (χ2n) is 3.33. The van der Waals surface area contributed by atoms with Gasteiger partial charge in [-0.1, -0.05) is 6.58 Å². The minimum atomic E-state index is 0.203. The molecule has 0 aliphatic carbocycles. The fourth-order valence-corrected chi connectivity index (χ4v) is 1.67. The molecule has 2 heterocycles. The molecule has 0 saturated carbocycles. The van der Waals surface area contributed by atoms with Crippen LogP contribution in [0.2, 0.25) is 0 Å². The highest BCUT2D eigenvalue weighted by Gasteiger charge is 2.23. The van der Waals surface area contributed by atoms with Gasteiger partial charge < -0.3 is 10.1 Å². The first kappa shape index (κ1) is 9.06. The highest BCUT2D eigenvalue weighted by Crippen LogP contribution is 2.27. The molecule has 1 atom stereocenters. The van der Waals surface area contributed by atoms with Crippen molar-refractivity contribution in [2.45, 2.75) is 19.4 Å². The molecule has 0 radical (unpaired) electrons. The van der Waals surface area contributed by atoms with Crippen LogP contribution in [0, 0.1) is 0 Å². The topological polar surface area (TPSA) is 34.1 Å². The number of aromatic nitrogens is 1. The van der Waals surface area contributed by atoms with E-state index in [0.29, 0.717) is 6.61 Å². The summed E-state index contributed by atoms with van der Waals surface area (Å²) in [6.45, 7) is 6.54. The molecule has 0 aromatic carbocycles. The van der Waals surface area contributed by atoms with Gasteiger partial charge in [0.15, 0.2) is 0 Å². The zero-order valence-corrected chi connectivity index (χ0v) is 8.29. The van der Waals surface area contributed by atoms with E-state index in [2.05, 4.69) is 16.9 Å². The largest absolute Gasteiger partial charge is 0.497 e. The molecular weight excluding hydrogens is 176 g/mol. The molecule has 3 heteroatoms. The van der Waals surface area contributed by atoms with Crippen LogP contribution in [0.25, 0.3) is 0 Å². The Bertz CT molecular complexity index is 324. The molecule has 14 heavy (non-hydrogen) atoms. The van der Waals surface area contributed by atoms with Crippen LogP contribution < -0.4 is 5.32 Å². The maximum atomic E-state index is 5.38. The molecule has 1 aliphatic heterocycles. The summed E-state index contributed by atoms with van der Waals surface area (Å²) in [4.78, 5) is 4.06. The van der Waals surface area contributed by atoms with Crippen LogP contribution >= 0.6 is 0 Å². The molecule has 0 amide bonds. The van der Waals surface area contributed by atoms with Crippen LogP contribution in [0.4, 0.5) is 5.69 Å². The number of hydrogen-bond acceptors (Lipinski definition) is 3. The van der Waals surface area contributed by atoms with Gasteiger partial charge in [0, 0.05) is 12.6 Å². The van der Waals surface area contributed by atoms with Crippen molar-refractivity contribution < 1.29 is 4.74 Å². The molecule has 2 rings (SSSR count). The van der Waals surface area contributed by atoms with Crippen molar-refractivity contribution in [3.8, 4) is 0 Å². The van der Waals surface area contributed by atoms with Crippen molar-refractivity contribution >= 4 is 5.69 Å². The zero-order valence-electron chi connectivity index (χ0n) is 8.29. The summed E-state index contributed by atoms with van der Waals surface area (Å²) >= 11 is 0. The molecule has 1 aliphatic rings. The van der Waals surface area contributed by atoms with E-state index in [1.165, 1.54) is 5.56 Å². The molecule has 0 fully saturated rings. The SMILES string of the molecule is C=C(OCC)C1Cc2ccncc2N1. The van der Waals surface area contributed by atoms with Gasteiger partial charge in [-0.05, 0) is 18.6 Å². The van der Waals surface area contributed by atoms with Crippen LogP contribution in [-0.2, 0) is 11.2 Å². The van der Waals surface area contributed by atoms with Crippen molar-refractivity contribution in [2.24, 2.45) is 0 Å². The third kappa shape index (κ3) is 1.58. The lowest BCUT2D eigenvalue weighted by molar-refractivity contribution is 0.215. The van der Waals surface area contributed by atoms with Crippen molar-refractivity contribution in [2.75, 3.05) is 11.9 Å². The predicted molar refractivity (Wildman–Crippen MR) is 56.1 cm³/mol. The number of ether oxygens (including phenoxy) is 1. The molecule has 1 aromatic rings. The Labute approximate surface area is 83.8 Å². The lowest BCUT2D eigenvalue weighted by atomic mass is 10.1. The smallest absolute Gasteiger partial charge is 0.111 e. The fourth-order valence-electron chi connectivity index (χ4n) is 1.67. The van der Waals surface area contributed by atoms with Crippen LogP contribution in [0.1, 0.15) is 12.5 Å². The van der Waals surface area contributed by atoms with Gasteiger partial charge in [0.05, 0.1) is 24.5 Å². The van der Waals surface area contributed by atoms with E-state index < -0.39 is 0 Å². The van der Waals surface area contributed by atoms with Gasteiger partial charge in [0.1, 0.15) is 5.76 Å². The van der Waals surface area contributed by atoms with Crippen molar-refractivity contribution in [3.05, 3.63) is 36.4 Å². The Morgan fingerprint density at radius 2 is 2.64 bits per heavy atom. The van der Waals surface area contributed by atoms with Gasteiger partial charge in [0.2, 0.25) is 0 Å². The number of nitrogens with zero attached hydrogens (tertiary/aromatic N) is 1. The van der Waals surface area contributed by atoms with Crippen molar-refractivity contribution in [1.29, 1.82) is 0 Å². The summed E-state index contributed by atoms with van der Waals surface area (Å²) < 4.78 is 5.38. The van der Waals surface area contributed by atoms with E-state index in [9.17, 15) is 0 Å². The Hall–Kier alpha value is -1.51. The average Bonchev–Trinajstić information content (AvgIpc) is 2.61. The van der Waals surface area contributed by atoms with Crippen molar-refractivity contribution in [1.82, 2.24) is 4.98 Å². The van der Waals surface area contributed by atoms with Crippen LogP contribution in [0.15, 0.2) is 30.8 Å². The monoisotopic (exact) mass is 190 g/mol. The standard InChI is InChI=1S/C11H14N2O/c1-3-14-8(2)10-6-9-4-5-12-7-11(9)13-10/h4-5,7,10,13H,2-3,6H2,1H3. The molecule has 0 bridgehead atoms. The quantitative estimate of drug-likeness (QED) is 0.740. The van der Waals surface area contributed by atoms with Gasteiger partial charge in [-0.3, -0.25) is 4.98 Å². The van der Waals surface area contributed by atoms with Gasteiger partial charge in [-0.15, -0.1) is 0 Å². The number of fused-ring (bicyclic) bond motifs is 1. The summed E-state index contributed by atoms with van der Waals surface area (Å²) in [5, 5.41) is 3.33. The van der Waals surface area contributed by atoms with Crippen molar-refractivity contribution in [3.63, 3.8) is 0 Å². The summed E-state index contributed by atoms with van der Waals surface area (Å²) in [6.07, 6.45) is 4.59. The summed E-state index contributed by atoms with van der Waals surface area (Å²) in [6, 6.07) is 2.23. The molecule has 1 N–H and O–H groups in total. The first-order valence-electron chi connectivity index (χ1n) is 4.82. The fraction of sp³-hybridized carbons (Fsp3) is 0.364. The average molecular weight is 190 g/mol. The van der Waals surface area contributed by atoms with Crippen LogP contribution in [0.3, 0.4) is 0 Å². The Kier molecular flexibility index (Phi) is 2.39. The third-order valence-corrected chi connectivity index (χ3v) is 2.38. The third-order valence-electron chi connectivity index (χ3n) is 2.38. The summed E-state index contributed by atoms with van der Waals surface area (Å²) in [7, 11) is 0. The van der Waals surface area contributed by atoms with E-state index in [1.54, 1.807) is 0 Å². The minimum Gasteiger partial charge on any atom is -0.497 e. The zero-order chi connectivity index (χ0) is 9.97. The molecule has 1 unspecified atom stereocenters. The van der Waals surface area contributed by atoms with Gasteiger partial charge >= 0.3 is 0 Å². The second-order valence-corrected chi connectivity index (χ2v) is 3.33. The number of anilines is 1. The van der Waals surface area contributed by atoms with E-state index in [-0.39, 0.29) is 6.04 Å². The van der Waals surface area contributed by atoms with Gasteiger partial charge in [-0.25, -0.2) is 0 Å². The van der Waals surface area contributed by atoms with Gasteiger partial charge in [-0.2, -0.15) is 0 Å². The van der Waals surface area contributed by atoms with E-state index in [0.717, 1.165) is 17.9 Å². The Morgan fingerprint density at radius 1 is 1.79 bits per heavy atom. The first-order chi connectivity index (χ1) is 6.81. The Morgan fingerprint density at radius 3 is 3.36 bits per heavy atom. The normalized spacial score (nSPS) is 18.5. The molecular formula is C11H14N2O. The first-order valence-corrected chi connectivity index (χ1v) is 4.82. The predicted octanol–water partition coefficient (Wildman–Crippen LogP) is 1.97. The molecule has 1 aromatic heterocycles. The van der Waals surface area contributed by atoms with Gasteiger partial charge in [0.25, 0.3) is 0 Å². The molecule has 74 valence electrons. The molecule has 0 saturated heterocycles. The molecule has 3 nitrogen and oxygen atoms in total. The molecule has 0 spiro atoms. The summed E-state index contributed by atoms with van der Waals surface area (Å²) in [5.41, 5.74) is 2.38. The lowest BCUT2D eigenvalue weighted by Gasteiger charge is -2.14. The van der Waals surface area contributed by atoms with Crippen LogP contribution in [0.5, 0.6) is 0 Å². The van der Waals surface area contributed by atoms with E-state index in [4.69, 9.17) is 4.74 Å². The number of nitrogens with one attached hydrogen (secondary N) is 1. The maximum absolute atomic E-state index is 5.38. The minimum absolute atomic E-state index is 0.203. The van der Waals surface area contributed by atoms with E-state index in [1.807, 2.05) is 25.4 Å². The highest BCUT2D eigenvalue weighted by atomic mass is 16.5. The second kappa shape index (κ2) is 3.70. The number of pyridine rings is 1. The number of hydrogen-bond donors (Lipinski definition) is 1. The lowest BCUT2D eigenvalue weighted by Crippen LogP contribution is -2.19. The Balaban J connectivity index is 2.08. The van der Waals surface area contributed by atoms with Crippen LogP contribution in [-0.4, -0.2) is 17.6 Å². The van der Waals surface area contributed by atoms with E-state index >= 15 is 0 Å². The highest BCUT2D eigenvalue weighted by molar-refractivity contribution is 5.56. The number of rotatable bonds is 3. The maximum Gasteiger partial charge on any atom is 0.111 e. The summed E-state index contributed by atoms with van der Waals surface area (Å²) in [5.74, 6) is 0.809.